The summed E-state index contributed by atoms with van der Waals surface area (Å²) in [6.07, 6.45) is -2.55. The molecule has 1 aliphatic heterocycles. The van der Waals surface area contributed by atoms with Crippen molar-refractivity contribution >= 4 is 0 Å². The fraction of sp³-hybridized carbons (Fsp3) is 1.00. The van der Waals surface area contributed by atoms with Gasteiger partial charge >= 0.3 is 0 Å². The minimum Gasteiger partial charge on any atom is -0.380 e. The molecule has 1 fully saturated rings. The van der Waals surface area contributed by atoms with E-state index < -0.39 is 12.3 Å². The molecule has 0 aliphatic carbocycles. The van der Waals surface area contributed by atoms with Crippen LogP contribution in [-0.4, -0.2) is 44.7 Å². The molecular weight excluding hydrogens is 152 g/mol. The second-order valence-electron chi connectivity index (χ2n) is 2.99. The van der Waals surface area contributed by atoms with E-state index in [2.05, 4.69) is 0 Å². The van der Waals surface area contributed by atoms with Crippen LogP contribution in [0, 0.1) is 5.92 Å². The van der Waals surface area contributed by atoms with Gasteiger partial charge in [0.1, 0.15) is 0 Å². The van der Waals surface area contributed by atoms with Crippen molar-refractivity contribution in [1.82, 2.24) is 4.90 Å². The van der Waals surface area contributed by atoms with Crippen molar-refractivity contribution in [2.24, 2.45) is 5.92 Å². The van der Waals surface area contributed by atoms with Gasteiger partial charge in [-0.15, -0.1) is 0 Å². The van der Waals surface area contributed by atoms with Crippen molar-refractivity contribution in [1.29, 1.82) is 0 Å². The Morgan fingerprint density at radius 1 is 1.45 bits per heavy atom. The first-order valence-electron chi connectivity index (χ1n) is 3.64. The molecule has 1 rings (SSSR count). The van der Waals surface area contributed by atoms with Crippen molar-refractivity contribution < 1.29 is 13.5 Å². The number of hydrogen-bond donors (Lipinski definition) is 0. The topological polar surface area (TPSA) is 12.5 Å². The molecule has 1 aliphatic rings. The van der Waals surface area contributed by atoms with E-state index in [4.69, 9.17) is 4.74 Å². The molecular formula is C7H13F2NO. The summed E-state index contributed by atoms with van der Waals surface area (Å²) < 4.78 is 29.4. The summed E-state index contributed by atoms with van der Waals surface area (Å²) in [6.45, 7) is 1.06. The first kappa shape index (κ1) is 8.87. The summed E-state index contributed by atoms with van der Waals surface area (Å²) in [5.41, 5.74) is 0. The Bertz CT molecular complexity index is 132. The third kappa shape index (κ3) is 1.87. The van der Waals surface area contributed by atoms with Crippen molar-refractivity contribution in [3.8, 4) is 0 Å². The molecule has 66 valence electrons. The Morgan fingerprint density at radius 2 is 2.09 bits per heavy atom. The predicted octanol–water partition coefficient (Wildman–Crippen LogP) is 0.828. The van der Waals surface area contributed by atoms with Gasteiger partial charge in [0, 0.05) is 20.2 Å². The minimum atomic E-state index is -2.26. The third-order valence-corrected chi connectivity index (χ3v) is 2.12. The molecule has 0 aromatic heterocycles. The van der Waals surface area contributed by atoms with E-state index in [9.17, 15) is 8.78 Å². The maximum atomic E-state index is 12.2. The number of hydrogen-bond acceptors (Lipinski definition) is 2. The fourth-order valence-electron chi connectivity index (χ4n) is 1.49. The number of rotatable bonds is 2. The molecule has 1 heterocycles. The number of nitrogens with zero attached hydrogens (tertiary/aromatic N) is 1. The van der Waals surface area contributed by atoms with Crippen molar-refractivity contribution in [3.63, 3.8) is 0 Å². The van der Waals surface area contributed by atoms with Crippen LogP contribution in [0.2, 0.25) is 0 Å². The smallest absolute Gasteiger partial charge is 0.245 e. The lowest BCUT2D eigenvalue weighted by molar-refractivity contribution is -0.00249. The van der Waals surface area contributed by atoms with Gasteiger partial charge in [-0.2, -0.15) is 0 Å². The van der Waals surface area contributed by atoms with E-state index in [0.717, 1.165) is 0 Å². The van der Waals surface area contributed by atoms with Gasteiger partial charge in [-0.25, -0.2) is 8.78 Å². The summed E-state index contributed by atoms with van der Waals surface area (Å²) >= 11 is 0. The van der Waals surface area contributed by atoms with Crippen LogP contribution in [0.25, 0.3) is 0 Å². The Kier molecular flexibility index (Phi) is 2.78. The first-order chi connectivity index (χ1) is 5.15. The Labute approximate surface area is 65.1 Å². The molecule has 0 N–H and O–H groups in total. The van der Waals surface area contributed by atoms with Crippen LogP contribution in [0.4, 0.5) is 8.78 Å². The maximum absolute atomic E-state index is 12.2. The second-order valence-corrected chi connectivity index (χ2v) is 2.99. The monoisotopic (exact) mass is 165 g/mol. The lowest BCUT2D eigenvalue weighted by atomic mass is 10.1. The van der Waals surface area contributed by atoms with Crippen LogP contribution in [0.3, 0.4) is 0 Å². The zero-order valence-electron chi connectivity index (χ0n) is 6.76. The quantitative estimate of drug-likeness (QED) is 0.601. The van der Waals surface area contributed by atoms with Gasteiger partial charge in [-0.3, -0.25) is 0 Å². The molecule has 0 radical (unpaired) electrons. The summed E-state index contributed by atoms with van der Waals surface area (Å²) in [7, 11) is 3.31. The van der Waals surface area contributed by atoms with E-state index in [-0.39, 0.29) is 6.10 Å². The molecule has 11 heavy (non-hydrogen) atoms. The predicted molar refractivity (Wildman–Crippen MR) is 37.8 cm³/mol. The SMILES string of the molecule is CO[C@@H]1CN(C)C[C@H]1C(F)F. The molecule has 0 spiro atoms. The molecule has 0 amide bonds. The molecule has 0 bridgehead atoms. The van der Waals surface area contributed by atoms with E-state index in [1.165, 1.54) is 7.11 Å². The van der Waals surface area contributed by atoms with E-state index in [0.29, 0.717) is 13.1 Å². The Morgan fingerprint density at radius 3 is 2.45 bits per heavy atom. The van der Waals surface area contributed by atoms with Crippen LogP contribution >= 0.6 is 0 Å². The zero-order valence-corrected chi connectivity index (χ0v) is 6.76. The molecule has 2 atom stereocenters. The number of alkyl halides is 2. The summed E-state index contributed by atoms with van der Waals surface area (Å²) in [4.78, 5) is 1.87. The molecule has 0 unspecified atom stereocenters. The average molecular weight is 165 g/mol. The highest BCUT2D eigenvalue weighted by Crippen LogP contribution is 2.23. The summed E-state index contributed by atoms with van der Waals surface area (Å²) in [5.74, 6) is -0.606. The highest BCUT2D eigenvalue weighted by atomic mass is 19.3. The molecule has 0 aromatic carbocycles. The molecule has 0 aromatic rings. The largest absolute Gasteiger partial charge is 0.380 e. The molecule has 1 saturated heterocycles. The van der Waals surface area contributed by atoms with Gasteiger partial charge in [0.05, 0.1) is 12.0 Å². The second kappa shape index (κ2) is 3.45. The van der Waals surface area contributed by atoms with Crippen molar-refractivity contribution in [2.75, 3.05) is 27.2 Å². The summed E-state index contributed by atoms with van der Waals surface area (Å²) in [6, 6.07) is 0. The van der Waals surface area contributed by atoms with Crippen LogP contribution in [0.15, 0.2) is 0 Å². The maximum Gasteiger partial charge on any atom is 0.245 e. The number of halogens is 2. The number of likely N-dealkylation sites (tertiary alicyclic amines) is 1. The van der Waals surface area contributed by atoms with E-state index in [1.807, 2.05) is 11.9 Å². The van der Waals surface area contributed by atoms with Crippen molar-refractivity contribution in [2.45, 2.75) is 12.5 Å². The van der Waals surface area contributed by atoms with Gasteiger partial charge in [-0.1, -0.05) is 0 Å². The number of methoxy groups -OCH3 is 1. The van der Waals surface area contributed by atoms with Gasteiger partial charge in [0.15, 0.2) is 0 Å². The van der Waals surface area contributed by atoms with Gasteiger partial charge in [0.25, 0.3) is 0 Å². The Hall–Kier alpha value is -0.220. The highest BCUT2D eigenvalue weighted by molar-refractivity contribution is 4.84. The number of ether oxygens (including phenoxy) is 1. The Balaban J connectivity index is 2.50. The van der Waals surface area contributed by atoms with E-state index >= 15 is 0 Å². The standard InChI is InChI=1S/C7H13F2NO/c1-10-3-5(7(8)9)6(4-10)11-2/h5-7H,3-4H2,1-2H3/t5-,6-/m1/s1. The highest BCUT2D eigenvalue weighted by Gasteiger charge is 2.36. The van der Waals surface area contributed by atoms with Gasteiger partial charge in [-0.05, 0) is 7.05 Å². The zero-order chi connectivity index (χ0) is 8.43. The van der Waals surface area contributed by atoms with Gasteiger partial charge in [0.2, 0.25) is 6.43 Å². The van der Waals surface area contributed by atoms with Crippen LogP contribution in [0.5, 0.6) is 0 Å². The van der Waals surface area contributed by atoms with E-state index in [1.54, 1.807) is 0 Å². The normalized spacial score (nSPS) is 33.5. The number of likely N-dealkylation sites (N-methyl/N-ethyl adjacent to an activating group) is 1. The molecule has 2 nitrogen and oxygen atoms in total. The van der Waals surface area contributed by atoms with Crippen LogP contribution in [0.1, 0.15) is 0 Å². The molecule has 0 saturated carbocycles. The minimum absolute atomic E-state index is 0.292. The van der Waals surface area contributed by atoms with Gasteiger partial charge < -0.3 is 9.64 Å². The van der Waals surface area contributed by atoms with Crippen LogP contribution < -0.4 is 0 Å². The first-order valence-corrected chi connectivity index (χ1v) is 3.64. The van der Waals surface area contributed by atoms with Crippen molar-refractivity contribution in [3.05, 3.63) is 0 Å². The third-order valence-electron chi connectivity index (χ3n) is 2.12. The lowest BCUT2D eigenvalue weighted by Gasteiger charge is -2.14. The lowest BCUT2D eigenvalue weighted by Crippen LogP contribution is -2.26. The van der Waals surface area contributed by atoms with Crippen LogP contribution in [-0.2, 0) is 4.74 Å². The average Bonchev–Trinajstić information content (AvgIpc) is 2.30. The molecule has 4 heteroatoms. The summed E-state index contributed by atoms with van der Waals surface area (Å²) in [5, 5.41) is 0. The fourth-order valence-corrected chi connectivity index (χ4v) is 1.49.